The Hall–Kier alpha value is 0.160. The van der Waals surface area contributed by atoms with Gasteiger partial charge in [-0.15, -0.1) is 0 Å². The van der Waals surface area contributed by atoms with E-state index >= 15 is 0 Å². The van der Waals surface area contributed by atoms with Gasteiger partial charge < -0.3 is 9.84 Å². The quantitative estimate of drug-likeness (QED) is 0.473. The molecule has 4 heteroatoms. The zero-order valence-electron chi connectivity index (χ0n) is 7.42. The molecule has 0 spiro atoms. The summed E-state index contributed by atoms with van der Waals surface area (Å²) in [6.07, 6.45) is 1.45. The van der Waals surface area contributed by atoms with E-state index in [0.717, 1.165) is 12.8 Å². The van der Waals surface area contributed by atoms with Crippen LogP contribution in [0.15, 0.2) is 0 Å². The third-order valence-electron chi connectivity index (χ3n) is 1.44. The summed E-state index contributed by atoms with van der Waals surface area (Å²) in [5, 5.41) is 9.41. The lowest BCUT2D eigenvalue weighted by atomic mass is 10.2. The first kappa shape index (κ1) is 12.2. The molecule has 0 aliphatic heterocycles. The van der Waals surface area contributed by atoms with Crippen molar-refractivity contribution in [2.45, 2.75) is 36.7 Å². The maximum atomic E-state index is 10.4. The van der Waals surface area contributed by atoms with Gasteiger partial charge in [0.05, 0.1) is 6.10 Å². The van der Waals surface area contributed by atoms with Crippen molar-refractivity contribution in [1.82, 2.24) is 0 Å². The second kappa shape index (κ2) is 6.65. The molecule has 1 N–H and O–H groups in total. The first-order valence-electron chi connectivity index (χ1n) is 4.03. The van der Waals surface area contributed by atoms with Crippen LogP contribution in [0.25, 0.3) is 0 Å². The van der Waals surface area contributed by atoms with Gasteiger partial charge in [-0.2, -0.15) is 0 Å². The minimum absolute atomic E-state index is 0.114. The summed E-state index contributed by atoms with van der Waals surface area (Å²) in [4.78, 5) is 10.4. The number of ether oxygens (including phenoxy) is 1. The standard InChI is InChI=1S/C8H15IO3/c1-3-4-7(9)8(11)5-12-6(2)10/h7-8,11H,3-5H2,1-2H3/t7-,8+/m1/s1. The fraction of sp³-hybridized carbons (Fsp3) is 0.875. The second-order valence-electron chi connectivity index (χ2n) is 2.67. The van der Waals surface area contributed by atoms with Gasteiger partial charge in [0, 0.05) is 10.8 Å². The zero-order valence-corrected chi connectivity index (χ0v) is 9.58. The molecule has 0 saturated heterocycles. The molecule has 0 aromatic heterocycles. The number of carbonyl (C=O) groups is 1. The van der Waals surface area contributed by atoms with E-state index in [-0.39, 0.29) is 16.5 Å². The molecule has 0 aliphatic carbocycles. The number of halogens is 1. The molecule has 0 heterocycles. The van der Waals surface area contributed by atoms with Crippen LogP contribution >= 0.6 is 22.6 Å². The van der Waals surface area contributed by atoms with Gasteiger partial charge in [0.15, 0.2) is 0 Å². The predicted molar refractivity (Wildman–Crippen MR) is 55.4 cm³/mol. The molecule has 0 saturated carbocycles. The van der Waals surface area contributed by atoms with Crippen molar-refractivity contribution in [2.24, 2.45) is 0 Å². The summed E-state index contributed by atoms with van der Waals surface area (Å²) in [5.41, 5.74) is 0. The van der Waals surface area contributed by atoms with Gasteiger partial charge in [-0.1, -0.05) is 35.9 Å². The normalized spacial score (nSPS) is 15.3. The molecule has 0 amide bonds. The Morgan fingerprint density at radius 2 is 2.25 bits per heavy atom. The number of aliphatic hydroxyl groups excluding tert-OH is 1. The predicted octanol–water partition coefficient (Wildman–Crippen LogP) is 1.51. The Morgan fingerprint density at radius 3 is 2.67 bits per heavy atom. The molecule has 0 rings (SSSR count). The fourth-order valence-electron chi connectivity index (χ4n) is 0.775. The molecule has 0 radical (unpaired) electrons. The summed E-state index contributed by atoms with van der Waals surface area (Å²) in [5.74, 6) is -0.339. The average molecular weight is 286 g/mol. The molecule has 12 heavy (non-hydrogen) atoms. The van der Waals surface area contributed by atoms with Crippen LogP contribution in [0.2, 0.25) is 0 Å². The van der Waals surface area contributed by atoms with Gasteiger partial charge in [-0.3, -0.25) is 4.79 Å². The zero-order chi connectivity index (χ0) is 9.56. The Bertz CT molecular complexity index is 138. The van der Waals surface area contributed by atoms with Gasteiger partial charge in [0.25, 0.3) is 0 Å². The van der Waals surface area contributed by atoms with Gasteiger partial charge in [-0.25, -0.2) is 0 Å². The van der Waals surface area contributed by atoms with Crippen LogP contribution in [-0.2, 0) is 9.53 Å². The monoisotopic (exact) mass is 286 g/mol. The smallest absolute Gasteiger partial charge is 0.302 e. The average Bonchev–Trinajstić information content (AvgIpc) is 2.00. The van der Waals surface area contributed by atoms with Crippen LogP contribution in [-0.4, -0.2) is 27.7 Å². The van der Waals surface area contributed by atoms with Crippen molar-refractivity contribution in [3.63, 3.8) is 0 Å². The van der Waals surface area contributed by atoms with Gasteiger partial charge >= 0.3 is 5.97 Å². The Morgan fingerprint density at radius 1 is 1.67 bits per heavy atom. The van der Waals surface area contributed by atoms with Crippen LogP contribution < -0.4 is 0 Å². The van der Waals surface area contributed by atoms with Crippen molar-refractivity contribution in [1.29, 1.82) is 0 Å². The van der Waals surface area contributed by atoms with Crippen LogP contribution in [0.5, 0.6) is 0 Å². The number of hydrogen-bond acceptors (Lipinski definition) is 3. The lowest BCUT2D eigenvalue weighted by Crippen LogP contribution is -2.26. The Kier molecular flexibility index (Phi) is 6.74. The van der Waals surface area contributed by atoms with E-state index in [2.05, 4.69) is 34.3 Å². The third-order valence-corrected chi connectivity index (χ3v) is 2.89. The van der Waals surface area contributed by atoms with Crippen molar-refractivity contribution in [3.8, 4) is 0 Å². The van der Waals surface area contributed by atoms with Crippen LogP contribution in [0.4, 0.5) is 0 Å². The molecule has 3 nitrogen and oxygen atoms in total. The lowest BCUT2D eigenvalue weighted by molar-refractivity contribution is -0.143. The van der Waals surface area contributed by atoms with E-state index in [1.807, 2.05) is 0 Å². The molecule has 0 aliphatic rings. The highest BCUT2D eigenvalue weighted by Crippen LogP contribution is 2.13. The highest BCUT2D eigenvalue weighted by Gasteiger charge is 2.15. The van der Waals surface area contributed by atoms with Crippen LogP contribution in [0, 0.1) is 0 Å². The Labute approximate surface area is 86.6 Å². The number of carbonyl (C=O) groups excluding carboxylic acids is 1. The molecule has 0 bridgehead atoms. The molecular formula is C8H15IO3. The summed E-state index contributed by atoms with van der Waals surface area (Å²) in [6.45, 7) is 3.52. The minimum Gasteiger partial charge on any atom is -0.463 e. The largest absolute Gasteiger partial charge is 0.463 e. The SMILES string of the molecule is CCC[C@@H](I)[C@@H](O)COC(C)=O. The van der Waals surface area contributed by atoms with E-state index in [1.165, 1.54) is 6.92 Å². The molecule has 0 fully saturated rings. The number of aliphatic hydroxyl groups is 1. The highest BCUT2D eigenvalue weighted by atomic mass is 127. The van der Waals surface area contributed by atoms with Gasteiger partial charge in [0.1, 0.15) is 6.61 Å². The number of esters is 1. The third kappa shape index (κ3) is 5.77. The first-order chi connectivity index (χ1) is 5.57. The number of hydrogen-bond donors (Lipinski definition) is 1. The second-order valence-corrected chi connectivity index (χ2v) is 4.27. The molecule has 0 aromatic carbocycles. The van der Waals surface area contributed by atoms with Crippen LogP contribution in [0.3, 0.4) is 0 Å². The van der Waals surface area contributed by atoms with Gasteiger partial charge in [-0.05, 0) is 6.42 Å². The number of alkyl halides is 1. The molecule has 2 atom stereocenters. The molecule has 0 aromatic rings. The van der Waals surface area contributed by atoms with Gasteiger partial charge in [0.2, 0.25) is 0 Å². The van der Waals surface area contributed by atoms with E-state index in [1.54, 1.807) is 0 Å². The minimum atomic E-state index is -0.533. The maximum absolute atomic E-state index is 10.4. The summed E-state index contributed by atoms with van der Waals surface area (Å²) >= 11 is 2.17. The van der Waals surface area contributed by atoms with E-state index in [0.29, 0.717) is 0 Å². The lowest BCUT2D eigenvalue weighted by Gasteiger charge is -2.15. The summed E-state index contributed by atoms with van der Waals surface area (Å²) in [6, 6.07) is 0. The van der Waals surface area contributed by atoms with Crippen molar-refractivity contribution < 1.29 is 14.6 Å². The van der Waals surface area contributed by atoms with E-state index < -0.39 is 6.10 Å². The van der Waals surface area contributed by atoms with Crippen molar-refractivity contribution in [3.05, 3.63) is 0 Å². The Balaban J connectivity index is 3.55. The van der Waals surface area contributed by atoms with E-state index in [4.69, 9.17) is 0 Å². The van der Waals surface area contributed by atoms with Crippen molar-refractivity contribution >= 4 is 28.6 Å². The highest BCUT2D eigenvalue weighted by molar-refractivity contribution is 14.1. The fourth-order valence-corrected chi connectivity index (χ4v) is 1.61. The maximum Gasteiger partial charge on any atom is 0.302 e. The molecular weight excluding hydrogens is 271 g/mol. The van der Waals surface area contributed by atoms with E-state index in [9.17, 15) is 9.90 Å². The van der Waals surface area contributed by atoms with Crippen LogP contribution in [0.1, 0.15) is 26.7 Å². The summed E-state index contributed by atoms with van der Waals surface area (Å²) in [7, 11) is 0. The number of rotatable bonds is 5. The topological polar surface area (TPSA) is 46.5 Å². The summed E-state index contributed by atoms with van der Waals surface area (Å²) < 4.78 is 4.85. The van der Waals surface area contributed by atoms with Crippen molar-refractivity contribution in [2.75, 3.05) is 6.61 Å². The first-order valence-corrected chi connectivity index (χ1v) is 5.28. The molecule has 0 unspecified atom stereocenters. The molecule has 72 valence electrons.